The van der Waals surface area contributed by atoms with Gasteiger partial charge in [0, 0.05) is 6.42 Å². The first-order chi connectivity index (χ1) is 7.74. The van der Waals surface area contributed by atoms with Gasteiger partial charge in [-0.25, -0.2) is 4.98 Å². The van der Waals surface area contributed by atoms with Crippen molar-refractivity contribution in [2.75, 3.05) is 19.6 Å². The van der Waals surface area contributed by atoms with Gasteiger partial charge in [-0.1, -0.05) is 13.8 Å². The second-order valence-corrected chi connectivity index (χ2v) is 4.48. The standard InChI is InChI=1S/C11H23N5/c1-9(2)10(6-12)7-13-5-3-4-11-14-8-15-16-11/h8-10,13H,3-7,12H2,1-2H3,(H,14,15,16). The fraction of sp³-hybridized carbons (Fsp3) is 0.818. The topological polar surface area (TPSA) is 79.6 Å². The molecule has 1 aromatic heterocycles. The monoisotopic (exact) mass is 225 g/mol. The summed E-state index contributed by atoms with van der Waals surface area (Å²) in [6.45, 7) is 7.20. The van der Waals surface area contributed by atoms with Gasteiger partial charge in [-0.3, -0.25) is 5.10 Å². The van der Waals surface area contributed by atoms with E-state index in [1.54, 1.807) is 6.33 Å². The van der Waals surface area contributed by atoms with Gasteiger partial charge in [0.25, 0.3) is 0 Å². The maximum absolute atomic E-state index is 5.70. The van der Waals surface area contributed by atoms with Crippen LogP contribution >= 0.6 is 0 Å². The van der Waals surface area contributed by atoms with E-state index in [4.69, 9.17) is 5.73 Å². The van der Waals surface area contributed by atoms with Crippen LogP contribution in [-0.2, 0) is 6.42 Å². The van der Waals surface area contributed by atoms with Crippen molar-refractivity contribution >= 4 is 0 Å². The molecule has 0 fully saturated rings. The summed E-state index contributed by atoms with van der Waals surface area (Å²) in [6.07, 6.45) is 3.57. The molecule has 0 amide bonds. The van der Waals surface area contributed by atoms with E-state index in [0.717, 1.165) is 38.3 Å². The van der Waals surface area contributed by atoms with E-state index in [2.05, 4.69) is 34.3 Å². The van der Waals surface area contributed by atoms with Crippen LogP contribution in [0, 0.1) is 11.8 Å². The second kappa shape index (κ2) is 7.35. The molecule has 1 rings (SSSR count). The van der Waals surface area contributed by atoms with Gasteiger partial charge >= 0.3 is 0 Å². The van der Waals surface area contributed by atoms with Gasteiger partial charge in [0.05, 0.1) is 0 Å². The molecule has 0 aliphatic rings. The molecule has 5 nitrogen and oxygen atoms in total. The van der Waals surface area contributed by atoms with E-state index in [1.165, 1.54) is 0 Å². The van der Waals surface area contributed by atoms with Crippen LogP contribution in [0.5, 0.6) is 0 Å². The molecular formula is C11H23N5. The molecule has 5 heteroatoms. The lowest BCUT2D eigenvalue weighted by molar-refractivity contribution is 0.370. The van der Waals surface area contributed by atoms with Crippen LogP contribution in [0.15, 0.2) is 6.33 Å². The Morgan fingerprint density at radius 1 is 1.50 bits per heavy atom. The van der Waals surface area contributed by atoms with Crippen LogP contribution in [0.4, 0.5) is 0 Å². The summed E-state index contributed by atoms with van der Waals surface area (Å²) in [5.74, 6) is 2.18. The number of nitrogens with two attached hydrogens (primary N) is 1. The van der Waals surface area contributed by atoms with Crippen molar-refractivity contribution in [1.29, 1.82) is 0 Å². The Hall–Kier alpha value is -0.940. The molecular weight excluding hydrogens is 202 g/mol. The summed E-state index contributed by atoms with van der Waals surface area (Å²) in [6, 6.07) is 0. The Balaban J connectivity index is 2.03. The lowest BCUT2D eigenvalue weighted by Gasteiger charge is -2.19. The van der Waals surface area contributed by atoms with Gasteiger partial charge < -0.3 is 11.1 Å². The number of H-pyrrole nitrogens is 1. The Labute approximate surface area is 97.2 Å². The first-order valence-corrected chi connectivity index (χ1v) is 5.99. The van der Waals surface area contributed by atoms with Gasteiger partial charge in [-0.15, -0.1) is 0 Å². The Morgan fingerprint density at radius 3 is 2.88 bits per heavy atom. The van der Waals surface area contributed by atoms with Gasteiger partial charge in [0.15, 0.2) is 0 Å². The SMILES string of the molecule is CC(C)C(CN)CNCCCc1ncn[nH]1. The molecule has 0 spiro atoms. The first-order valence-electron chi connectivity index (χ1n) is 5.99. The molecule has 1 unspecified atom stereocenters. The Bertz CT molecular complexity index is 257. The number of aromatic amines is 1. The fourth-order valence-electron chi connectivity index (χ4n) is 1.61. The van der Waals surface area contributed by atoms with Crippen molar-refractivity contribution in [1.82, 2.24) is 20.5 Å². The van der Waals surface area contributed by atoms with Crippen molar-refractivity contribution in [3.63, 3.8) is 0 Å². The number of nitrogens with one attached hydrogen (secondary N) is 2. The van der Waals surface area contributed by atoms with Crippen molar-refractivity contribution in [3.05, 3.63) is 12.2 Å². The zero-order chi connectivity index (χ0) is 11.8. The molecule has 1 aromatic rings. The summed E-state index contributed by atoms with van der Waals surface area (Å²) in [7, 11) is 0. The number of aromatic nitrogens is 3. The Kier molecular flexibility index (Phi) is 6.03. The summed E-state index contributed by atoms with van der Waals surface area (Å²) in [5.41, 5.74) is 5.70. The predicted octanol–water partition coefficient (Wildman–Crippen LogP) is 0.558. The molecule has 4 N–H and O–H groups in total. The van der Waals surface area contributed by atoms with E-state index in [9.17, 15) is 0 Å². The molecule has 0 bridgehead atoms. The van der Waals surface area contributed by atoms with E-state index in [0.29, 0.717) is 11.8 Å². The lowest BCUT2D eigenvalue weighted by Crippen LogP contribution is -2.32. The van der Waals surface area contributed by atoms with Crippen LogP contribution in [0.2, 0.25) is 0 Å². The zero-order valence-corrected chi connectivity index (χ0v) is 10.2. The van der Waals surface area contributed by atoms with Crippen LogP contribution in [0.1, 0.15) is 26.1 Å². The van der Waals surface area contributed by atoms with Crippen molar-refractivity contribution < 1.29 is 0 Å². The van der Waals surface area contributed by atoms with Crippen molar-refractivity contribution in [2.24, 2.45) is 17.6 Å². The zero-order valence-electron chi connectivity index (χ0n) is 10.2. The molecule has 16 heavy (non-hydrogen) atoms. The van der Waals surface area contributed by atoms with Crippen LogP contribution < -0.4 is 11.1 Å². The minimum Gasteiger partial charge on any atom is -0.330 e. The molecule has 0 radical (unpaired) electrons. The van der Waals surface area contributed by atoms with Crippen LogP contribution in [-0.4, -0.2) is 34.8 Å². The van der Waals surface area contributed by atoms with Gasteiger partial charge in [0.2, 0.25) is 0 Å². The summed E-state index contributed by atoms with van der Waals surface area (Å²) in [5, 5.41) is 10.1. The smallest absolute Gasteiger partial charge is 0.137 e. The minimum absolute atomic E-state index is 0.574. The maximum atomic E-state index is 5.70. The van der Waals surface area contributed by atoms with Crippen LogP contribution in [0.25, 0.3) is 0 Å². The van der Waals surface area contributed by atoms with E-state index in [1.807, 2.05) is 0 Å². The Morgan fingerprint density at radius 2 is 2.31 bits per heavy atom. The third kappa shape index (κ3) is 4.72. The molecule has 0 saturated heterocycles. The molecule has 92 valence electrons. The number of rotatable bonds is 8. The maximum Gasteiger partial charge on any atom is 0.137 e. The first kappa shape index (κ1) is 13.1. The average molecular weight is 225 g/mol. The third-order valence-corrected chi connectivity index (χ3v) is 2.88. The normalized spacial score (nSPS) is 13.2. The lowest BCUT2D eigenvalue weighted by atomic mass is 9.96. The highest BCUT2D eigenvalue weighted by Gasteiger charge is 2.09. The summed E-state index contributed by atoms with van der Waals surface area (Å²) < 4.78 is 0. The fourth-order valence-corrected chi connectivity index (χ4v) is 1.61. The highest BCUT2D eigenvalue weighted by molar-refractivity contribution is 4.79. The number of nitrogens with zero attached hydrogens (tertiary/aromatic N) is 2. The molecule has 0 aliphatic heterocycles. The number of hydrogen-bond donors (Lipinski definition) is 3. The second-order valence-electron chi connectivity index (χ2n) is 4.48. The molecule has 1 atom stereocenters. The third-order valence-electron chi connectivity index (χ3n) is 2.88. The molecule has 0 saturated carbocycles. The van der Waals surface area contributed by atoms with E-state index < -0.39 is 0 Å². The summed E-state index contributed by atoms with van der Waals surface area (Å²) in [4.78, 5) is 4.08. The number of hydrogen-bond acceptors (Lipinski definition) is 4. The highest BCUT2D eigenvalue weighted by atomic mass is 15.2. The van der Waals surface area contributed by atoms with E-state index >= 15 is 0 Å². The molecule has 1 heterocycles. The van der Waals surface area contributed by atoms with Gasteiger partial charge in [-0.05, 0) is 37.9 Å². The largest absolute Gasteiger partial charge is 0.330 e. The van der Waals surface area contributed by atoms with Crippen molar-refractivity contribution in [2.45, 2.75) is 26.7 Å². The minimum atomic E-state index is 0.574. The predicted molar refractivity (Wildman–Crippen MR) is 65.0 cm³/mol. The van der Waals surface area contributed by atoms with Gasteiger partial charge in [-0.2, -0.15) is 5.10 Å². The number of aryl methyl sites for hydroxylation is 1. The van der Waals surface area contributed by atoms with Gasteiger partial charge in [0.1, 0.15) is 12.2 Å². The van der Waals surface area contributed by atoms with E-state index in [-0.39, 0.29) is 0 Å². The molecule has 0 aliphatic carbocycles. The van der Waals surface area contributed by atoms with Crippen molar-refractivity contribution in [3.8, 4) is 0 Å². The quantitative estimate of drug-likeness (QED) is 0.565. The average Bonchev–Trinajstić information content (AvgIpc) is 2.75. The molecule has 0 aromatic carbocycles. The van der Waals surface area contributed by atoms with Crippen LogP contribution in [0.3, 0.4) is 0 Å². The summed E-state index contributed by atoms with van der Waals surface area (Å²) >= 11 is 0. The highest BCUT2D eigenvalue weighted by Crippen LogP contribution is 2.07.